The van der Waals surface area contributed by atoms with Crippen molar-refractivity contribution in [2.45, 2.75) is 58.7 Å². The Morgan fingerprint density at radius 1 is 0.750 bits per heavy atom. The predicted molar refractivity (Wildman–Crippen MR) is 110 cm³/mol. The molecule has 0 aliphatic carbocycles. The van der Waals surface area contributed by atoms with Gasteiger partial charge in [-0.15, -0.1) is 0 Å². The van der Waals surface area contributed by atoms with E-state index in [9.17, 15) is 9.59 Å². The zero-order valence-corrected chi connectivity index (χ0v) is 17.0. The van der Waals surface area contributed by atoms with Crippen molar-refractivity contribution in [3.63, 3.8) is 0 Å². The highest BCUT2D eigenvalue weighted by Gasteiger charge is 2.24. The molecule has 150 valence electrons. The van der Waals surface area contributed by atoms with Crippen LogP contribution < -0.4 is 0 Å². The molecule has 2 unspecified atom stereocenters. The van der Waals surface area contributed by atoms with Crippen molar-refractivity contribution in [3.8, 4) is 0 Å². The van der Waals surface area contributed by atoms with Gasteiger partial charge in [0, 0.05) is 6.42 Å². The van der Waals surface area contributed by atoms with Crippen molar-refractivity contribution in [2.24, 2.45) is 5.92 Å². The summed E-state index contributed by atoms with van der Waals surface area (Å²) < 4.78 is 11.5. The molecule has 0 aliphatic rings. The van der Waals surface area contributed by atoms with Crippen LogP contribution in [0.1, 0.15) is 67.2 Å². The first-order chi connectivity index (χ1) is 13.5. The van der Waals surface area contributed by atoms with E-state index in [1.54, 1.807) is 24.3 Å². The summed E-state index contributed by atoms with van der Waals surface area (Å²) in [5.74, 6) is -0.312. The lowest BCUT2D eigenvalue weighted by molar-refractivity contribution is -0.00652. The molecule has 0 aliphatic heterocycles. The molecule has 2 atom stereocenters. The fraction of sp³-hybridized carbons (Fsp3) is 0.417. The van der Waals surface area contributed by atoms with Crippen LogP contribution in [0.2, 0.25) is 0 Å². The molecule has 4 nitrogen and oxygen atoms in total. The smallest absolute Gasteiger partial charge is 0.338 e. The molecule has 0 saturated heterocycles. The number of hydrogen-bond acceptors (Lipinski definition) is 4. The molecule has 0 radical (unpaired) electrons. The molecule has 0 bridgehead atoms. The lowest BCUT2D eigenvalue weighted by atomic mass is 9.99. The molecule has 2 aromatic carbocycles. The highest BCUT2D eigenvalue weighted by molar-refractivity contribution is 5.90. The first-order valence-electron chi connectivity index (χ1n) is 10.0. The number of ether oxygens (including phenoxy) is 2. The molecule has 2 aromatic rings. The van der Waals surface area contributed by atoms with Gasteiger partial charge in [0.2, 0.25) is 0 Å². The molecule has 0 heterocycles. The zero-order chi connectivity index (χ0) is 20.4. The number of rotatable bonds is 10. The SMILES string of the molecule is CCCC(CC(CC(C)C)OC(=O)c1ccccc1)OC(=O)c1ccccc1. The average molecular weight is 383 g/mol. The first-order valence-corrected chi connectivity index (χ1v) is 10.0. The minimum Gasteiger partial charge on any atom is -0.459 e. The van der Waals surface area contributed by atoms with Crippen molar-refractivity contribution in [2.75, 3.05) is 0 Å². The molecule has 0 amide bonds. The Morgan fingerprint density at radius 2 is 1.21 bits per heavy atom. The van der Waals surface area contributed by atoms with E-state index in [4.69, 9.17) is 9.47 Å². The number of hydrogen-bond donors (Lipinski definition) is 0. The maximum absolute atomic E-state index is 12.5. The second kappa shape index (κ2) is 11.3. The third-order valence-corrected chi connectivity index (χ3v) is 4.44. The molecule has 0 fully saturated rings. The van der Waals surface area contributed by atoms with Crippen molar-refractivity contribution in [3.05, 3.63) is 71.8 Å². The van der Waals surface area contributed by atoms with Gasteiger partial charge in [0.1, 0.15) is 12.2 Å². The van der Waals surface area contributed by atoms with E-state index < -0.39 is 0 Å². The Labute approximate surface area is 167 Å². The van der Waals surface area contributed by atoms with E-state index in [-0.39, 0.29) is 24.1 Å². The maximum Gasteiger partial charge on any atom is 0.338 e. The second-order valence-corrected chi connectivity index (χ2v) is 7.44. The molecule has 0 aromatic heterocycles. The Morgan fingerprint density at radius 3 is 1.64 bits per heavy atom. The predicted octanol–water partition coefficient (Wildman–Crippen LogP) is 5.67. The normalized spacial score (nSPS) is 13.0. The third kappa shape index (κ3) is 7.18. The second-order valence-electron chi connectivity index (χ2n) is 7.44. The van der Waals surface area contributed by atoms with Crippen LogP contribution in [0.3, 0.4) is 0 Å². The van der Waals surface area contributed by atoms with Crippen molar-refractivity contribution >= 4 is 11.9 Å². The van der Waals surface area contributed by atoms with Gasteiger partial charge in [-0.1, -0.05) is 63.6 Å². The van der Waals surface area contributed by atoms with E-state index in [1.165, 1.54) is 0 Å². The Bertz CT molecular complexity index is 725. The van der Waals surface area contributed by atoms with E-state index >= 15 is 0 Å². The molecule has 4 heteroatoms. The van der Waals surface area contributed by atoms with Gasteiger partial charge in [0.25, 0.3) is 0 Å². The van der Waals surface area contributed by atoms with Gasteiger partial charge in [0.05, 0.1) is 11.1 Å². The van der Waals surface area contributed by atoms with Crippen molar-refractivity contribution in [1.29, 1.82) is 0 Å². The lowest BCUT2D eigenvalue weighted by Crippen LogP contribution is -2.28. The van der Waals surface area contributed by atoms with Crippen LogP contribution in [0.4, 0.5) is 0 Å². The largest absolute Gasteiger partial charge is 0.459 e. The summed E-state index contributed by atoms with van der Waals surface area (Å²) in [7, 11) is 0. The first kappa shape index (κ1) is 21.7. The highest BCUT2D eigenvalue weighted by atomic mass is 16.6. The summed E-state index contributed by atoms with van der Waals surface area (Å²) in [6.07, 6.45) is 2.26. The van der Waals surface area contributed by atoms with Crippen molar-refractivity contribution in [1.82, 2.24) is 0 Å². The van der Waals surface area contributed by atoms with Crippen LogP contribution in [0.5, 0.6) is 0 Å². The van der Waals surface area contributed by atoms with Gasteiger partial charge in [-0.2, -0.15) is 0 Å². The summed E-state index contributed by atoms with van der Waals surface area (Å²) >= 11 is 0. The number of carbonyl (C=O) groups excluding carboxylic acids is 2. The topological polar surface area (TPSA) is 52.6 Å². The Balaban J connectivity index is 2.05. The molecular formula is C24H30O4. The van der Waals surface area contributed by atoms with E-state index in [0.717, 1.165) is 19.3 Å². The van der Waals surface area contributed by atoms with E-state index in [2.05, 4.69) is 20.8 Å². The van der Waals surface area contributed by atoms with Crippen LogP contribution in [-0.4, -0.2) is 24.1 Å². The van der Waals surface area contributed by atoms with E-state index in [0.29, 0.717) is 23.5 Å². The number of carbonyl (C=O) groups is 2. The summed E-state index contributed by atoms with van der Waals surface area (Å²) in [4.78, 5) is 24.9. The fourth-order valence-corrected chi connectivity index (χ4v) is 3.15. The quantitative estimate of drug-likeness (QED) is 0.497. The molecule has 28 heavy (non-hydrogen) atoms. The summed E-state index contributed by atoms with van der Waals surface area (Å²) in [6, 6.07) is 18.0. The van der Waals surface area contributed by atoms with Crippen LogP contribution in [0.15, 0.2) is 60.7 Å². The van der Waals surface area contributed by atoms with E-state index in [1.807, 2.05) is 36.4 Å². The Hall–Kier alpha value is -2.62. The van der Waals surface area contributed by atoms with Crippen LogP contribution in [0.25, 0.3) is 0 Å². The number of esters is 2. The molecule has 2 rings (SSSR count). The summed E-state index contributed by atoms with van der Waals surface area (Å²) in [5, 5.41) is 0. The summed E-state index contributed by atoms with van der Waals surface area (Å²) in [5.41, 5.74) is 1.06. The molecule has 0 spiro atoms. The third-order valence-electron chi connectivity index (χ3n) is 4.44. The molecular weight excluding hydrogens is 352 g/mol. The minimum absolute atomic E-state index is 0.287. The van der Waals surface area contributed by atoms with Crippen molar-refractivity contribution < 1.29 is 19.1 Å². The number of benzene rings is 2. The van der Waals surface area contributed by atoms with Gasteiger partial charge in [-0.3, -0.25) is 0 Å². The van der Waals surface area contributed by atoms with Gasteiger partial charge in [-0.25, -0.2) is 9.59 Å². The van der Waals surface area contributed by atoms with Crippen LogP contribution >= 0.6 is 0 Å². The minimum atomic E-state index is -0.337. The zero-order valence-electron chi connectivity index (χ0n) is 17.0. The lowest BCUT2D eigenvalue weighted by Gasteiger charge is -2.25. The van der Waals surface area contributed by atoms with Crippen LogP contribution in [-0.2, 0) is 9.47 Å². The Kier molecular flexibility index (Phi) is 8.73. The standard InChI is InChI=1S/C24H30O4/c1-4-11-21(27-23(25)19-12-7-5-8-13-19)17-22(16-18(2)3)28-24(26)20-14-9-6-10-15-20/h5-10,12-15,18,21-22H,4,11,16-17H2,1-3H3. The van der Waals surface area contributed by atoms with Gasteiger partial charge in [0.15, 0.2) is 0 Å². The molecule has 0 N–H and O–H groups in total. The van der Waals surface area contributed by atoms with Crippen LogP contribution in [0, 0.1) is 5.92 Å². The fourth-order valence-electron chi connectivity index (χ4n) is 3.15. The van der Waals surface area contributed by atoms with Gasteiger partial charge >= 0.3 is 11.9 Å². The maximum atomic E-state index is 12.5. The van der Waals surface area contributed by atoms with Gasteiger partial charge < -0.3 is 9.47 Å². The summed E-state index contributed by atoms with van der Waals surface area (Å²) in [6.45, 7) is 6.24. The monoisotopic (exact) mass is 382 g/mol. The molecule has 0 saturated carbocycles. The van der Waals surface area contributed by atoms with Gasteiger partial charge in [-0.05, 0) is 43.0 Å². The highest BCUT2D eigenvalue weighted by Crippen LogP contribution is 2.21. The average Bonchev–Trinajstić information content (AvgIpc) is 2.69.